The molecule has 0 atom stereocenters. The Balaban J connectivity index is 0.772. The van der Waals surface area contributed by atoms with Crippen LogP contribution >= 0.6 is 0 Å². The smallest absolute Gasteiger partial charge is 0.0541 e. The van der Waals surface area contributed by atoms with Crippen LogP contribution in [0, 0.1) is 0 Å². The Morgan fingerprint density at radius 2 is 0.609 bits per heavy atom. The fraction of sp³-hybridized carbons (Fsp3) is 0.100. The Labute approximate surface area is 373 Å². The maximum atomic E-state index is 3.76. The number of nitrogens with zero attached hydrogens (tertiary/aromatic N) is 2. The molecular weight excluding hydrogens is 777 g/mol. The lowest BCUT2D eigenvalue weighted by atomic mass is 9.82. The van der Waals surface area contributed by atoms with Crippen LogP contribution in [0.5, 0.6) is 0 Å². The summed E-state index contributed by atoms with van der Waals surface area (Å²) < 4.78 is 4.84. The minimum atomic E-state index is -0.172. The number of nitrogens with one attached hydrogen (secondary N) is 2. The molecule has 4 heteroatoms. The zero-order chi connectivity index (χ0) is 42.9. The second-order valence-electron chi connectivity index (χ2n) is 18.8. The van der Waals surface area contributed by atoms with Crippen LogP contribution in [0.25, 0.3) is 77.2 Å². The molecule has 0 aliphatic heterocycles. The highest BCUT2D eigenvalue weighted by Gasteiger charge is 2.37. The quantitative estimate of drug-likeness (QED) is 0.175. The number of aromatic nitrogens is 2. The number of fused-ring (bicyclic) bond motifs is 12. The lowest BCUT2D eigenvalue weighted by Gasteiger charge is -2.23. The van der Waals surface area contributed by atoms with E-state index in [0.717, 1.165) is 22.7 Å². The molecule has 4 nitrogen and oxygen atoms in total. The normalized spacial score (nSPS) is 14.2. The van der Waals surface area contributed by atoms with Crippen LogP contribution in [0.1, 0.15) is 49.9 Å². The number of hydrogen-bond acceptors (Lipinski definition) is 2. The molecule has 2 aliphatic carbocycles. The summed E-state index contributed by atoms with van der Waals surface area (Å²) in [4.78, 5) is 0. The lowest BCUT2D eigenvalue weighted by Crippen LogP contribution is -2.15. The van der Waals surface area contributed by atoms with Gasteiger partial charge in [0.15, 0.2) is 0 Å². The molecule has 2 heterocycles. The predicted octanol–water partition coefficient (Wildman–Crippen LogP) is 16.0. The highest BCUT2D eigenvalue weighted by atomic mass is 15.0. The summed E-state index contributed by atoms with van der Waals surface area (Å²) in [5.74, 6) is 0. The van der Waals surface area contributed by atoms with E-state index in [1.807, 2.05) is 0 Å². The molecule has 2 N–H and O–H groups in total. The van der Waals surface area contributed by atoms with Crippen LogP contribution in [-0.4, -0.2) is 9.13 Å². The lowest BCUT2D eigenvalue weighted by molar-refractivity contribution is 0.660. The number of hydrogen-bond donors (Lipinski definition) is 2. The van der Waals surface area contributed by atoms with Crippen molar-refractivity contribution in [1.29, 1.82) is 0 Å². The molecule has 0 unspecified atom stereocenters. The monoisotopic (exact) mass is 822 g/mol. The third-order valence-electron chi connectivity index (χ3n) is 14.4. The Morgan fingerprint density at radius 3 is 0.984 bits per heavy atom. The molecule has 13 rings (SSSR count). The van der Waals surface area contributed by atoms with Gasteiger partial charge in [-0.1, -0.05) is 131 Å². The fourth-order valence-corrected chi connectivity index (χ4v) is 11.3. The second-order valence-corrected chi connectivity index (χ2v) is 18.8. The highest BCUT2D eigenvalue weighted by Crippen LogP contribution is 2.52. The van der Waals surface area contributed by atoms with E-state index in [-0.39, 0.29) is 10.8 Å². The molecule has 11 aromatic rings. The molecule has 306 valence electrons. The van der Waals surface area contributed by atoms with Gasteiger partial charge in [-0.15, -0.1) is 0 Å². The molecular formula is C60H46N4. The van der Waals surface area contributed by atoms with Gasteiger partial charge in [-0.3, -0.25) is 0 Å². The van der Waals surface area contributed by atoms with Gasteiger partial charge >= 0.3 is 0 Å². The number of benzene rings is 9. The molecule has 2 aromatic heterocycles. The van der Waals surface area contributed by atoms with Gasteiger partial charge in [-0.25, -0.2) is 0 Å². The zero-order valence-corrected chi connectivity index (χ0v) is 36.4. The van der Waals surface area contributed by atoms with Gasteiger partial charge in [-0.05, 0) is 136 Å². The van der Waals surface area contributed by atoms with E-state index < -0.39 is 0 Å². The number of para-hydroxylation sites is 4. The fourth-order valence-electron chi connectivity index (χ4n) is 11.3. The van der Waals surface area contributed by atoms with Gasteiger partial charge in [0.1, 0.15) is 0 Å². The summed E-state index contributed by atoms with van der Waals surface area (Å²) in [7, 11) is 0. The Bertz CT molecular complexity index is 3400. The Kier molecular flexibility index (Phi) is 7.67. The third kappa shape index (κ3) is 5.29. The average Bonchev–Trinajstić information content (AvgIpc) is 3.98. The van der Waals surface area contributed by atoms with Crippen LogP contribution in [0.15, 0.2) is 194 Å². The van der Waals surface area contributed by atoms with Crippen molar-refractivity contribution in [2.24, 2.45) is 0 Å². The van der Waals surface area contributed by atoms with E-state index in [1.54, 1.807) is 0 Å². The summed E-state index contributed by atoms with van der Waals surface area (Å²) in [5.41, 5.74) is 21.8. The molecule has 0 fully saturated rings. The van der Waals surface area contributed by atoms with Crippen LogP contribution in [0.2, 0.25) is 0 Å². The first-order chi connectivity index (χ1) is 31.2. The highest BCUT2D eigenvalue weighted by molar-refractivity contribution is 6.10. The van der Waals surface area contributed by atoms with E-state index in [1.165, 1.54) is 99.5 Å². The Hall–Kier alpha value is -7.82. The standard InChI is InChI=1S/C60H46N4/c1-59(2)51-33-39(24-28-43(51)45-30-26-41(35-53(45)59)63-55-20-9-5-16-47(55)48-17-6-10-21-56(48)63)61-37-14-13-15-38(32-37)62-40-25-29-44-46-31-27-42(36-54(46)60(3,4)52(44)34-40)64-57-22-11-7-18-49(57)50-19-8-12-23-58(50)64/h5-36,61-62H,1-4H3. The minimum absolute atomic E-state index is 0.172. The van der Waals surface area contributed by atoms with Crippen molar-refractivity contribution in [3.8, 4) is 33.6 Å². The van der Waals surface area contributed by atoms with Crippen LogP contribution < -0.4 is 10.6 Å². The zero-order valence-electron chi connectivity index (χ0n) is 36.4. The van der Waals surface area contributed by atoms with Crippen molar-refractivity contribution in [2.45, 2.75) is 38.5 Å². The molecule has 0 bridgehead atoms. The molecule has 0 spiro atoms. The van der Waals surface area contributed by atoms with E-state index in [0.29, 0.717) is 0 Å². The summed E-state index contributed by atoms with van der Waals surface area (Å²) in [6.45, 7) is 9.46. The number of rotatable bonds is 6. The minimum Gasteiger partial charge on any atom is -0.355 e. The van der Waals surface area contributed by atoms with Crippen molar-refractivity contribution in [3.63, 3.8) is 0 Å². The van der Waals surface area contributed by atoms with Crippen LogP contribution in [0.3, 0.4) is 0 Å². The Morgan fingerprint density at radius 1 is 0.297 bits per heavy atom. The molecule has 0 amide bonds. The molecule has 64 heavy (non-hydrogen) atoms. The summed E-state index contributed by atoms with van der Waals surface area (Å²) in [5, 5.41) is 12.6. The van der Waals surface area contributed by atoms with Gasteiger partial charge in [0.25, 0.3) is 0 Å². The topological polar surface area (TPSA) is 33.9 Å². The molecule has 0 radical (unpaired) electrons. The van der Waals surface area contributed by atoms with Crippen molar-refractivity contribution in [2.75, 3.05) is 10.6 Å². The van der Waals surface area contributed by atoms with Crippen LogP contribution in [0.4, 0.5) is 22.7 Å². The maximum Gasteiger partial charge on any atom is 0.0541 e. The van der Waals surface area contributed by atoms with Gasteiger partial charge in [0.05, 0.1) is 22.1 Å². The average molecular weight is 823 g/mol. The van der Waals surface area contributed by atoms with Gasteiger partial charge in [-0.2, -0.15) is 0 Å². The predicted molar refractivity (Wildman–Crippen MR) is 270 cm³/mol. The molecule has 2 aliphatic rings. The summed E-state index contributed by atoms with van der Waals surface area (Å²) in [6, 6.07) is 71.4. The number of anilines is 4. The second kappa shape index (κ2) is 13.3. The van der Waals surface area contributed by atoms with E-state index in [2.05, 4.69) is 242 Å². The SMILES string of the molecule is CC1(C)c2cc(Nc3cccc(Nc4ccc5c(c4)C(C)(C)c4cc(-n6c7ccccc7c7ccccc76)ccc4-5)c3)ccc2-c2ccc(-n3c4ccccc4c4ccccc43)cc21. The molecule has 0 saturated carbocycles. The van der Waals surface area contributed by atoms with Crippen molar-refractivity contribution >= 4 is 66.4 Å². The van der Waals surface area contributed by atoms with Crippen molar-refractivity contribution in [3.05, 3.63) is 216 Å². The van der Waals surface area contributed by atoms with Crippen molar-refractivity contribution in [1.82, 2.24) is 9.13 Å². The van der Waals surface area contributed by atoms with E-state index >= 15 is 0 Å². The van der Waals surface area contributed by atoms with Crippen LogP contribution in [-0.2, 0) is 10.8 Å². The van der Waals surface area contributed by atoms with Gasteiger partial charge < -0.3 is 19.8 Å². The maximum absolute atomic E-state index is 3.76. The summed E-state index contributed by atoms with van der Waals surface area (Å²) in [6.07, 6.45) is 0. The first kappa shape index (κ1) is 36.8. The van der Waals surface area contributed by atoms with Crippen molar-refractivity contribution < 1.29 is 0 Å². The van der Waals surface area contributed by atoms with Gasteiger partial charge in [0.2, 0.25) is 0 Å². The van der Waals surface area contributed by atoms with E-state index in [9.17, 15) is 0 Å². The molecule has 0 saturated heterocycles. The molecule has 9 aromatic carbocycles. The van der Waals surface area contributed by atoms with Gasteiger partial charge in [0, 0.05) is 66.5 Å². The summed E-state index contributed by atoms with van der Waals surface area (Å²) >= 11 is 0. The van der Waals surface area contributed by atoms with E-state index in [4.69, 9.17) is 0 Å². The first-order valence-electron chi connectivity index (χ1n) is 22.4. The third-order valence-corrected chi connectivity index (χ3v) is 14.4. The first-order valence-corrected chi connectivity index (χ1v) is 22.4. The largest absolute Gasteiger partial charge is 0.355 e.